The summed E-state index contributed by atoms with van der Waals surface area (Å²) in [5, 5.41) is 6.44. The van der Waals surface area contributed by atoms with Gasteiger partial charge in [-0.3, -0.25) is 4.79 Å². The van der Waals surface area contributed by atoms with Crippen molar-refractivity contribution in [2.45, 2.75) is 6.92 Å². The molecule has 1 N–H and O–H groups in total. The van der Waals surface area contributed by atoms with Crippen molar-refractivity contribution in [3.8, 4) is 5.75 Å². The van der Waals surface area contributed by atoms with Gasteiger partial charge in [-0.2, -0.15) is 5.10 Å². The van der Waals surface area contributed by atoms with E-state index in [9.17, 15) is 4.79 Å². The van der Waals surface area contributed by atoms with Gasteiger partial charge in [-0.05, 0) is 30.5 Å². The standard InChI is InChI=1S/C14H13ClN2O2S/c1-10(13-7-4-8-20-13)16-17-14(18)9-19-12-6-3-2-5-11(12)15/h2-8H,9H2,1H3,(H,17,18)/b16-10+. The highest BCUT2D eigenvalue weighted by Gasteiger charge is 2.05. The lowest BCUT2D eigenvalue weighted by Gasteiger charge is -2.06. The molecule has 0 spiro atoms. The van der Waals surface area contributed by atoms with Gasteiger partial charge in [0, 0.05) is 4.88 Å². The number of para-hydroxylation sites is 1. The molecule has 1 aromatic heterocycles. The van der Waals surface area contributed by atoms with Gasteiger partial charge in [-0.1, -0.05) is 29.8 Å². The number of thiophene rings is 1. The summed E-state index contributed by atoms with van der Waals surface area (Å²) in [7, 11) is 0. The number of amides is 1. The fourth-order valence-electron chi connectivity index (χ4n) is 1.42. The summed E-state index contributed by atoms with van der Waals surface area (Å²) in [6.45, 7) is 1.70. The maximum Gasteiger partial charge on any atom is 0.277 e. The van der Waals surface area contributed by atoms with Crippen LogP contribution < -0.4 is 10.2 Å². The second-order valence-corrected chi connectivity index (χ2v) is 5.28. The van der Waals surface area contributed by atoms with E-state index >= 15 is 0 Å². The summed E-state index contributed by atoms with van der Waals surface area (Å²) in [4.78, 5) is 12.6. The Morgan fingerprint density at radius 1 is 1.35 bits per heavy atom. The van der Waals surface area contributed by atoms with Crippen LogP contribution in [0.2, 0.25) is 5.02 Å². The van der Waals surface area contributed by atoms with Crippen LogP contribution >= 0.6 is 22.9 Å². The molecule has 20 heavy (non-hydrogen) atoms. The highest BCUT2D eigenvalue weighted by Crippen LogP contribution is 2.22. The highest BCUT2D eigenvalue weighted by molar-refractivity contribution is 7.12. The van der Waals surface area contributed by atoms with Crippen molar-refractivity contribution in [2.75, 3.05) is 6.61 Å². The van der Waals surface area contributed by atoms with Crippen molar-refractivity contribution in [3.05, 3.63) is 51.7 Å². The third kappa shape index (κ3) is 4.08. The maximum absolute atomic E-state index is 11.6. The van der Waals surface area contributed by atoms with E-state index in [1.807, 2.05) is 24.4 Å². The molecule has 0 saturated heterocycles. The number of ether oxygens (including phenoxy) is 1. The molecule has 6 heteroatoms. The lowest BCUT2D eigenvalue weighted by atomic mass is 10.3. The Hall–Kier alpha value is -1.85. The number of hydrogen-bond acceptors (Lipinski definition) is 4. The molecule has 0 unspecified atom stereocenters. The van der Waals surface area contributed by atoms with Crippen LogP contribution in [0.25, 0.3) is 0 Å². The summed E-state index contributed by atoms with van der Waals surface area (Å²) in [5.41, 5.74) is 3.20. The number of halogens is 1. The van der Waals surface area contributed by atoms with Crippen LogP contribution in [0.5, 0.6) is 5.75 Å². The lowest BCUT2D eigenvalue weighted by Crippen LogP contribution is -2.25. The van der Waals surface area contributed by atoms with E-state index in [1.165, 1.54) is 0 Å². The minimum atomic E-state index is -0.333. The molecule has 0 aliphatic heterocycles. The van der Waals surface area contributed by atoms with Gasteiger partial charge in [0.1, 0.15) is 5.75 Å². The van der Waals surface area contributed by atoms with Crippen LogP contribution in [0.3, 0.4) is 0 Å². The molecule has 0 aliphatic rings. The summed E-state index contributed by atoms with van der Waals surface area (Å²) >= 11 is 7.48. The van der Waals surface area contributed by atoms with Gasteiger partial charge >= 0.3 is 0 Å². The first-order valence-corrected chi connectivity index (χ1v) is 7.17. The average Bonchev–Trinajstić information content (AvgIpc) is 2.98. The zero-order valence-electron chi connectivity index (χ0n) is 10.8. The zero-order chi connectivity index (χ0) is 14.4. The molecular weight excluding hydrogens is 296 g/mol. The average molecular weight is 309 g/mol. The summed E-state index contributed by atoms with van der Waals surface area (Å²) in [6.07, 6.45) is 0. The van der Waals surface area contributed by atoms with E-state index in [1.54, 1.807) is 35.6 Å². The molecule has 1 aromatic carbocycles. The smallest absolute Gasteiger partial charge is 0.277 e. The van der Waals surface area contributed by atoms with Crippen LogP contribution in [-0.2, 0) is 4.79 Å². The van der Waals surface area contributed by atoms with E-state index in [2.05, 4.69) is 10.5 Å². The Labute approximate surface area is 126 Å². The van der Waals surface area contributed by atoms with Crippen molar-refractivity contribution in [1.29, 1.82) is 0 Å². The Kier molecular flexibility index (Phi) is 5.15. The predicted octanol–water partition coefficient (Wildman–Crippen LogP) is 3.32. The minimum absolute atomic E-state index is 0.134. The molecule has 0 bridgehead atoms. The first-order valence-electron chi connectivity index (χ1n) is 5.91. The molecule has 0 atom stereocenters. The third-order valence-corrected chi connectivity index (χ3v) is 3.71. The van der Waals surface area contributed by atoms with Gasteiger partial charge in [-0.15, -0.1) is 11.3 Å². The van der Waals surface area contributed by atoms with Crippen LogP contribution in [0.15, 0.2) is 46.9 Å². The molecule has 2 rings (SSSR count). The molecule has 0 aliphatic carbocycles. The summed E-state index contributed by atoms with van der Waals surface area (Å²) in [6, 6.07) is 10.9. The monoisotopic (exact) mass is 308 g/mol. The van der Waals surface area contributed by atoms with Gasteiger partial charge < -0.3 is 4.74 Å². The zero-order valence-corrected chi connectivity index (χ0v) is 12.4. The van der Waals surface area contributed by atoms with E-state index < -0.39 is 0 Å². The second kappa shape index (κ2) is 7.07. The van der Waals surface area contributed by atoms with Crippen molar-refractivity contribution < 1.29 is 9.53 Å². The van der Waals surface area contributed by atoms with Crippen LogP contribution in [-0.4, -0.2) is 18.2 Å². The van der Waals surface area contributed by atoms with Gasteiger partial charge in [-0.25, -0.2) is 5.43 Å². The molecule has 1 amide bonds. The lowest BCUT2D eigenvalue weighted by molar-refractivity contribution is -0.123. The normalized spacial score (nSPS) is 11.2. The highest BCUT2D eigenvalue weighted by atomic mass is 35.5. The molecule has 0 saturated carbocycles. The number of carbonyl (C=O) groups excluding carboxylic acids is 1. The van der Waals surface area contributed by atoms with E-state index in [4.69, 9.17) is 16.3 Å². The number of nitrogens with one attached hydrogen (secondary N) is 1. The van der Waals surface area contributed by atoms with Crippen LogP contribution in [0.1, 0.15) is 11.8 Å². The van der Waals surface area contributed by atoms with Gasteiger partial charge in [0.25, 0.3) is 5.91 Å². The van der Waals surface area contributed by atoms with E-state index in [-0.39, 0.29) is 12.5 Å². The topological polar surface area (TPSA) is 50.7 Å². The van der Waals surface area contributed by atoms with Crippen molar-refractivity contribution >= 4 is 34.6 Å². The molecule has 0 radical (unpaired) electrons. The Morgan fingerprint density at radius 3 is 2.85 bits per heavy atom. The van der Waals surface area contributed by atoms with Crippen molar-refractivity contribution in [2.24, 2.45) is 5.10 Å². The Morgan fingerprint density at radius 2 is 2.15 bits per heavy atom. The quantitative estimate of drug-likeness (QED) is 0.680. The molecule has 104 valence electrons. The SMILES string of the molecule is C/C(=N\NC(=O)COc1ccccc1Cl)c1cccs1. The first-order chi connectivity index (χ1) is 9.66. The molecule has 1 heterocycles. The number of carbonyl (C=O) groups is 1. The van der Waals surface area contributed by atoms with Gasteiger partial charge in [0.15, 0.2) is 6.61 Å². The fraction of sp³-hybridized carbons (Fsp3) is 0.143. The summed E-state index contributed by atoms with van der Waals surface area (Å²) in [5.74, 6) is 0.143. The Balaban J connectivity index is 1.84. The molecule has 4 nitrogen and oxygen atoms in total. The number of rotatable bonds is 5. The fourth-order valence-corrected chi connectivity index (χ4v) is 2.29. The molecular formula is C14H13ClN2O2S. The van der Waals surface area contributed by atoms with Gasteiger partial charge in [0.05, 0.1) is 10.7 Å². The first kappa shape index (κ1) is 14.6. The van der Waals surface area contributed by atoms with Crippen LogP contribution in [0.4, 0.5) is 0 Å². The largest absolute Gasteiger partial charge is 0.482 e. The van der Waals surface area contributed by atoms with E-state index in [0.29, 0.717) is 10.8 Å². The minimum Gasteiger partial charge on any atom is -0.482 e. The molecule has 0 fully saturated rings. The third-order valence-electron chi connectivity index (χ3n) is 2.42. The van der Waals surface area contributed by atoms with Crippen molar-refractivity contribution in [3.63, 3.8) is 0 Å². The van der Waals surface area contributed by atoms with Crippen LogP contribution in [0, 0.1) is 0 Å². The second-order valence-electron chi connectivity index (χ2n) is 3.93. The Bertz CT molecular complexity index is 611. The van der Waals surface area contributed by atoms with E-state index in [0.717, 1.165) is 10.6 Å². The number of nitrogens with zero attached hydrogens (tertiary/aromatic N) is 1. The van der Waals surface area contributed by atoms with Gasteiger partial charge in [0.2, 0.25) is 0 Å². The maximum atomic E-state index is 11.6. The number of benzene rings is 1. The van der Waals surface area contributed by atoms with Crippen molar-refractivity contribution in [1.82, 2.24) is 5.43 Å². The predicted molar refractivity (Wildman–Crippen MR) is 81.6 cm³/mol. The molecule has 2 aromatic rings. The number of hydrazone groups is 1. The summed E-state index contributed by atoms with van der Waals surface area (Å²) < 4.78 is 5.31. The number of hydrogen-bond donors (Lipinski definition) is 1.